The van der Waals surface area contributed by atoms with Gasteiger partial charge in [-0.3, -0.25) is 0 Å². The van der Waals surface area contributed by atoms with E-state index in [9.17, 15) is 4.39 Å². The molecule has 0 aliphatic rings. The van der Waals surface area contributed by atoms with E-state index in [0.717, 1.165) is 5.56 Å². The second kappa shape index (κ2) is 5.90. The highest BCUT2D eigenvalue weighted by molar-refractivity contribution is 9.10. The van der Waals surface area contributed by atoms with Crippen LogP contribution in [0.15, 0.2) is 40.9 Å². The quantitative estimate of drug-likeness (QED) is 0.845. The summed E-state index contributed by atoms with van der Waals surface area (Å²) in [5.74, 6) is 0.557. The summed E-state index contributed by atoms with van der Waals surface area (Å²) in [6.45, 7) is 1.85. The molecule has 0 fully saturated rings. The third kappa shape index (κ3) is 3.47. The number of halogens is 3. The Hall–Kier alpha value is -1.10. The molecule has 2 nitrogen and oxygen atoms in total. The summed E-state index contributed by atoms with van der Waals surface area (Å²) < 4.78 is 19.4. The van der Waals surface area contributed by atoms with Crippen LogP contribution in [0.5, 0.6) is 11.5 Å². The minimum atomic E-state index is -0.364. The summed E-state index contributed by atoms with van der Waals surface area (Å²) in [6.07, 6.45) is 0. The van der Waals surface area contributed by atoms with Crippen molar-refractivity contribution in [1.82, 2.24) is 0 Å². The second-order valence-corrected chi connectivity index (χ2v) is 5.41. The van der Waals surface area contributed by atoms with Crippen LogP contribution in [-0.4, -0.2) is 0 Å². The Labute approximate surface area is 124 Å². The van der Waals surface area contributed by atoms with Crippen molar-refractivity contribution >= 4 is 27.5 Å². The van der Waals surface area contributed by atoms with Gasteiger partial charge in [-0.2, -0.15) is 0 Å². The Morgan fingerprint density at radius 3 is 2.63 bits per heavy atom. The van der Waals surface area contributed by atoms with Crippen LogP contribution in [0.1, 0.15) is 18.5 Å². The molecule has 0 aliphatic carbocycles. The smallest absolute Gasteiger partial charge is 0.144 e. The Bertz CT molecular complexity index is 604. The molecule has 2 rings (SSSR count). The maximum Gasteiger partial charge on any atom is 0.144 e. The molecule has 100 valence electrons. The van der Waals surface area contributed by atoms with Crippen LogP contribution in [-0.2, 0) is 0 Å². The Balaban J connectivity index is 2.29. The maximum atomic E-state index is 13.2. The lowest BCUT2D eigenvalue weighted by molar-refractivity contribution is 0.473. The van der Waals surface area contributed by atoms with Crippen LogP contribution in [0.25, 0.3) is 0 Å². The summed E-state index contributed by atoms with van der Waals surface area (Å²) in [4.78, 5) is 0. The van der Waals surface area contributed by atoms with Gasteiger partial charge in [-0.25, -0.2) is 4.39 Å². The van der Waals surface area contributed by atoms with E-state index < -0.39 is 0 Å². The Morgan fingerprint density at radius 2 is 2.00 bits per heavy atom. The van der Waals surface area contributed by atoms with E-state index >= 15 is 0 Å². The fraction of sp³-hybridized carbons (Fsp3) is 0.143. The van der Waals surface area contributed by atoms with Gasteiger partial charge in [-0.1, -0.05) is 17.7 Å². The van der Waals surface area contributed by atoms with Gasteiger partial charge in [0, 0.05) is 17.1 Å². The zero-order valence-corrected chi connectivity index (χ0v) is 12.5. The number of hydrogen-bond donors (Lipinski definition) is 1. The van der Waals surface area contributed by atoms with Gasteiger partial charge < -0.3 is 10.5 Å². The van der Waals surface area contributed by atoms with Crippen LogP contribution < -0.4 is 10.5 Å². The molecule has 0 aliphatic heterocycles. The highest BCUT2D eigenvalue weighted by Gasteiger charge is 2.09. The van der Waals surface area contributed by atoms with Gasteiger partial charge in [0.25, 0.3) is 0 Å². The third-order valence-corrected chi connectivity index (χ3v) is 3.57. The van der Waals surface area contributed by atoms with Gasteiger partial charge in [0.05, 0.1) is 4.47 Å². The van der Waals surface area contributed by atoms with E-state index in [1.54, 1.807) is 24.3 Å². The average molecular weight is 345 g/mol. The zero-order chi connectivity index (χ0) is 14.0. The monoisotopic (exact) mass is 343 g/mol. The molecule has 0 amide bonds. The van der Waals surface area contributed by atoms with Crippen LogP contribution in [0, 0.1) is 5.82 Å². The zero-order valence-electron chi connectivity index (χ0n) is 10.2. The second-order valence-electron chi connectivity index (χ2n) is 4.15. The van der Waals surface area contributed by atoms with Crippen molar-refractivity contribution in [3.8, 4) is 11.5 Å². The fourth-order valence-electron chi connectivity index (χ4n) is 1.62. The van der Waals surface area contributed by atoms with Gasteiger partial charge in [-0.15, -0.1) is 0 Å². The van der Waals surface area contributed by atoms with Gasteiger partial charge >= 0.3 is 0 Å². The van der Waals surface area contributed by atoms with E-state index in [-0.39, 0.29) is 11.9 Å². The third-order valence-electron chi connectivity index (χ3n) is 2.58. The molecule has 0 spiro atoms. The highest BCUT2D eigenvalue weighted by Crippen LogP contribution is 2.33. The van der Waals surface area contributed by atoms with E-state index in [4.69, 9.17) is 22.1 Å². The number of benzene rings is 2. The van der Waals surface area contributed by atoms with Gasteiger partial charge in [0.1, 0.15) is 17.3 Å². The van der Waals surface area contributed by atoms with E-state index in [2.05, 4.69) is 15.9 Å². The first-order valence-corrected chi connectivity index (χ1v) is 6.82. The van der Waals surface area contributed by atoms with Crippen molar-refractivity contribution in [3.05, 3.63) is 57.3 Å². The molecule has 1 unspecified atom stereocenters. The van der Waals surface area contributed by atoms with Crippen LogP contribution in [0.4, 0.5) is 4.39 Å². The van der Waals surface area contributed by atoms with Crippen molar-refractivity contribution in [2.24, 2.45) is 5.73 Å². The minimum absolute atomic E-state index is 0.151. The molecule has 0 radical (unpaired) electrons. The molecule has 0 bridgehead atoms. The fourth-order valence-corrected chi connectivity index (χ4v) is 2.29. The number of rotatable bonds is 3. The van der Waals surface area contributed by atoms with Crippen molar-refractivity contribution < 1.29 is 9.13 Å². The summed E-state index contributed by atoms with van der Waals surface area (Å²) in [5, 5.41) is 0.528. The first-order chi connectivity index (χ1) is 8.97. The van der Waals surface area contributed by atoms with E-state index in [1.165, 1.54) is 12.1 Å². The van der Waals surface area contributed by atoms with Crippen molar-refractivity contribution in [2.45, 2.75) is 13.0 Å². The Kier molecular flexibility index (Phi) is 4.45. The van der Waals surface area contributed by atoms with E-state index in [1.807, 2.05) is 6.92 Å². The predicted octanol–water partition coefficient (Wildman–Crippen LogP) is 5.05. The lowest BCUT2D eigenvalue weighted by Crippen LogP contribution is -2.05. The molecule has 0 saturated heterocycles. The van der Waals surface area contributed by atoms with Gasteiger partial charge in [-0.05, 0) is 52.7 Å². The summed E-state index contributed by atoms with van der Waals surface area (Å²) >= 11 is 9.42. The normalized spacial score (nSPS) is 12.3. The molecule has 5 heteroatoms. The Morgan fingerprint density at radius 1 is 1.26 bits per heavy atom. The topological polar surface area (TPSA) is 35.2 Å². The molecule has 2 aromatic carbocycles. The summed E-state index contributed by atoms with van der Waals surface area (Å²) in [5.41, 5.74) is 6.62. The molecular formula is C14H12BrClFNO. The summed E-state index contributed by atoms with van der Waals surface area (Å²) in [6, 6.07) is 9.31. The maximum absolute atomic E-state index is 13.2. The first-order valence-electron chi connectivity index (χ1n) is 5.65. The minimum Gasteiger partial charge on any atom is -0.456 e. The van der Waals surface area contributed by atoms with Crippen molar-refractivity contribution in [2.75, 3.05) is 0 Å². The lowest BCUT2D eigenvalue weighted by Gasteiger charge is -2.12. The molecule has 0 aromatic heterocycles. The number of nitrogens with two attached hydrogens (primary N) is 1. The average Bonchev–Trinajstić information content (AvgIpc) is 2.33. The van der Waals surface area contributed by atoms with Gasteiger partial charge in [0.15, 0.2) is 0 Å². The van der Waals surface area contributed by atoms with E-state index in [0.29, 0.717) is 21.0 Å². The molecular weight excluding hydrogens is 333 g/mol. The predicted molar refractivity (Wildman–Crippen MR) is 78.2 cm³/mol. The molecule has 0 heterocycles. The molecule has 2 N–H and O–H groups in total. The molecule has 2 aromatic rings. The first kappa shape index (κ1) is 14.3. The summed E-state index contributed by atoms with van der Waals surface area (Å²) in [7, 11) is 0. The molecule has 0 saturated carbocycles. The number of hydrogen-bond acceptors (Lipinski definition) is 2. The highest BCUT2D eigenvalue weighted by atomic mass is 79.9. The SMILES string of the molecule is CC(N)c1ccc(Oc2cc(F)ccc2Br)cc1Cl. The largest absolute Gasteiger partial charge is 0.456 e. The van der Waals surface area contributed by atoms with Crippen molar-refractivity contribution in [3.63, 3.8) is 0 Å². The standard InChI is InChI=1S/C14H12BrClFNO/c1-8(18)11-4-3-10(7-13(11)16)19-14-6-9(17)2-5-12(14)15/h2-8H,18H2,1H3. The van der Waals surface area contributed by atoms with Crippen LogP contribution in [0.3, 0.4) is 0 Å². The van der Waals surface area contributed by atoms with Gasteiger partial charge in [0.2, 0.25) is 0 Å². The van der Waals surface area contributed by atoms with Crippen molar-refractivity contribution in [1.29, 1.82) is 0 Å². The van der Waals surface area contributed by atoms with Crippen LogP contribution >= 0.6 is 27.5 Å². The molecule has 1 atom stereocenters. The number of ether oxygens (including phenoxy) is 1. The lowest BCUT2D eigenvalue weighted by atomic mass is 10.1. The molecule has 19 heavy (non-hydrogen) atoms. The van der Waals surface area contributed by atoms with Crippen LogP contribution in [0.2, 0.25) is 5.02 Å².